The van der Waals surface area contributed by atoms with Crippen LogP contribution in [0.2, 0.25) is 0 Å². The molecule has 150 valence electrons. The summed E-state index contributed by atoms with van der Waals surface area (Å²) in [4.78, 5) is 29.7. The maximum Gasteiger partial charge on any atom is 0.254 e. The molecule has 8 nitrogen and oxygen atoms in total. The van der Waals surface area contributed by atoms with E-state index in [-0.39, 0.29) is 29.3 Å². The first-order valence-corrected chi connectivity index (χ1v) is 10.1. The fourth-order valence-electron chi connectivity index (χ4n) is 3.06. The molecule has 0 radical (unpaired) electrons. The van der Waals surface area contributed by atoms with Crippen LogP contribution in [0.1, 0.15) is 22.0 Å². The van der Waals surface area contributed by atoms with Crippen molar-refractivity contribution >= 4 is 34.1 Å². The molecular formula is C18H21ClN4O4S. The van der Waals surface area contributed by atoms with Crippen LogP contribution in [0.3, 0.4) is 0 Å². The Bertz CT molecular complexity index is 936. The minimum absolute atomic E-state index is 0. The Kier molecular flexibility index (Phi) is 7.11. The number of pyridine rings is 1. The van der Waals surface area contributed by atoms with Gasteiger partial charge in [0.05, 0.1) is 10.9 Å². The summed E-state index contributed by atoms with van der Waals surface area (Å²) >= 11 is 0. The second-order valence-electron chi connectivity index (χ2n) is 6.25. The van der Waals surface area contributed by atoms with Crippen molar-refractivity contribution in [3.8, 4) is 0 Å². The number of amides is 2. The van der Waals surface area contributed by atoms with E-state index in [0.717, 1.165) is 5.56 Å². The molecule has 0 bridgehead atoms. The molecule has 1 unspecified atom stereocenters. The molecule has 3 N–H and O–H groups in total. The molecule has 2 amide bonds. The summed E-state index contributed by atoms with van der Waals surface area (Å²) in [5.41, 5.74) is 6.28. The summed E-state index contributed by atoms with van der Waals surface area (Å²) in [6.07, 6.45) is 3.41. The Morgan fingerprint density at radius 1 is 1.21 bits per heavy atom. The smallest absolute Gasteiger partial charge is 0.254 e. The molecule has 1 atom stereocenters. The lowest BCUT2D eigenvalue weighted by Gasteiger charge is -2.36. The van der Waals surface area contributed by atoms with Crippen LogP contribution in [0, 0.1) is 0 Å². The Morgan fingerprint density at radius 2 is 1.93 bits per heavy atom. The minimum Gasteiger partial charge on any atom is -0.369 e. The summed E-state index contributed by atoms with van der Waals surface area (Å²) in [5, 5.41) is 3.27. The lowest BCUT2D eigenvalue weighted by atomic mass is 10.0. The van der Waals surface area contributed by atoms with Crippen molar-refractivity contribution in [2.45, 2.75) is 10.9 Å². The van der Waals surface area contributed by atoms with Gasteiger partial charge >= 0.3 is 0 Å². The number of nitrogens with one attached hydrogen (secondary N) is 1. The summed E-state index contributed by atoms with van der Waals surface area (Å²) < 4.78 is 24.1. The average Bonchev–Trinajstić information content (AvgIpc) is 2.67. The molecule has 0 aliphatic carbocycles. The predicted octanol–water partition coefficient (Wildman–Crippen LogP) is 0.549. The van der Waals surface area contributed by atoms with Gasteiger partial charge in [-0.3, -0.25) is 14.6 Å². The van der Waals surface area contributed by atoms with E-state index in [0.29, 0.717) is 25.2 Å². The van der Waals surface area contributed by atoms with Gasteiger partial charge in [-0.05, 0) is 35.9 Å². The highest BCUT2D eigenvalue weighted by molar-refractivity contribution is 7.92. The largest absolute Gasteiger partial charge is 0.369 e. The fraction of sp³-hybridized carbons (Fsp3) is 0.278. The Hall–Kier alpha value is -2.49. The number of halogens is 1. The lowest BCUT2D eigenvalue weighted by Crippen LogP contribution is -2.48. The van der Waals surface area contributed by atoms with Gasteiger partial charge < -0.3 is 16.0 Å². The third-order valence-electron chi connectivity index (χ3n) is 4.37. The van der Waals surface area contributed by atoms with Gasteiger partial charge in [-0.2, -0.15) is 0 Å². The van der Waals surface area contributed by atoms with E-state index in [2.05, 4.69) is 10.3 Å². The molecule has 1 aromatic carbocycles. The van der Waals surface area contributed by atoms with Crippen LogP contribution in [0.15, 0.2) is 53.7 Å². The monoisotopic (exact) mass is 424 g/mol. The first-order valence-electron chi connectivity index (χ1n) is 8.41. The highest BCUT2D eigenvalue weighted by atomic mass is 35.5. The van der Waals surface area contributed by atoms with Gasteiger partial charge in [0.15, 0.2) is 9.84 Å². The number of nitrogens with zero attached hydrogens (tertiary/aromatic N) is 2. The standard InChI is InChI=1S/C18H20N4O4S.ClH/c19-17(23)12-27(25,26)15-5-3-13(4-6-15)18(24)22-9-8-21-11-16(22)14-2-1-7-20-10-14;/h1-7,10,16,21H,8-9,11-12H2,(H2,19,23);1H. The summed E-state index contributed by atoms with van der Waals surface area (Å²) in [6.45, 7) is 1.82. The number of nitrogens with two attached hydrogens (primary N) is 1. The number of piperazine rings is 1. The van der Waals surface area contributed by atoms with Crippen LogP contribution < -0.4 is 11.1 Å². The molecule has 1 aliphatic rings. The number of hydrogen-bond donors (Lipinski definition) is 2. The highest BCUT2D eigenvalue weighted by Crippen LogP contribution is 2.24. The minimum atomic E-state index is -3.80. The van der Waals surface area contributed by atoms with Gasteiger partial charge in [0, 0.05) is 37.6 Å². The van der Waals surface area contributed by atoms with Gasteiger partial charge in [-0.1, -0.05) is 6.07 Å². The molecule has 28 heavy (non-hydrogen) atoms. The number of aromatic nitrogens is 1. The van der Waals surface area contributed by atoms with Crippen LogP contribution in [0.25, 0.3) is 0 Å². The fourth-order valence-corrected chi connectivity index (χ4v) is 4.15. The molecular weight excluding hydrogens is 404 g/mol. The van der Waals surface area contributed by atoms with Crippen molar-refractivity contribution in [1.29, 1.82) is 0 Å². The maximum atomic E-state index is 13.0. The molecule has 0 spiro atoms. The second kappa shape index (κ2) is 9.13. The zero-order valence-electron chi connectivity index (χ0n) is 14.9. The Morgan fingerprint density at radius 3 is 2.54 bits per heavy atom. The van der Waals surface area contributed by atoms with E-state index in [1.807, 2.05) is 12.1 Å². The number of benzene rings is 1. The van der Waals surface area contributed by atoms with Crippen LogP contribution in [0.5, 0.6) is 0 Å². The van der Waals surface area contributed by atoms with Crippen LogP contribution in [0.4, 0.5) is 0 Å². The average molecular weight is 425 g/mol. The number of carbonyl (C=O) groups is 2. The molecule has 1 fully saturated rings. The lowest BCUT2D eigenvalue weighted by molar-refractivity contribution is -0.115. The van der Waals surface area contributed by atoms with Gasteiger partial charge in [0.25, 0.3) is 5.91 Å². The van der Waals surface area contributed by atoms with Gasteiger partial charge in [0.1, 0.15) is 5.75 Å². The van der Waals surface area contributed by atoms with E-state index < -0.39 is 21.5 Å². The third-order valence-corrected chi connectivity index (χ3v) is 6.02. The number of hydrogen-bond acceptors (Lipinski definition) is 6. The van der Waals surface area contributed by atoms with Crippen LogP contribution in [-0.2, 0) is 14.6 Å². The first-order chi connectivity index (χ1) is 12.9. The molecule has 10 heteroatoms. The molecule has 3 rings (SSSR count). The summed E-state index contributed by atoms with van der Waals surface area (Å²) in [7, 11) is -3.80. The van der Waals surface area contributed by atoms with E-state index in [1.54, 1.807) is 17.3 Å². The van der Waals surface area contributed by atoms with E-state index in [4.69, 9.17) is 5.73 Å². The Labute approximate surface area is 169 Å². The van der Waals surface area contributed by atoms with Crippen molar-refractivity contribution in [3.05, 3.63) is 59.9 Å². The maximum absolute atomic E-state index is 13.0. The number of rotatable bonds is 5. The molecule has 1 aromatic heterocycles. The molecule has 2 heterocycles. The third kappa shape index (κ3) is 4.86. The van der Waals surface area contributed by atoms with Crippen LogP contribution in [-0.4, -0.2) is 55.5 Å². The quantitative estimate of drug-likeness (QED) is 0.722. The normalized spacial score (nSPS) is 16.9. The zero-order valence-corrected chi connectivity index (χ0v) is 16.6. The summed E-state index contributed by atoms with van der Waals surface area (Å²) in [5.74, 6) is -1.87. The van der Waals surface area contributed by atoms with E-state index in [9.17, 15) is 18.0 Å². The molecule has 2 aromatic rings. The first kappa shape index (κ1) is 21.8. The van der Waals surface area contributed by atoms with E-state index >= 15 is 0 Å². The second-order valence-corrected chi connectivity index (χ2v) is 8.24. The number of sulfone groups is 1. The van der Waals surface area contributed by atoms with Crippen molar-refractivity contribution in [2.75, 3.05) is 25.4 Å². The van der Waals surface area contributed by atoms with Crippen LogP contribution >= 0.6 is 12.4 Å². The number of primary amides is 1. The molecule has 1 aliphatic heterocycles. The van der Waals surface area contributed by atoms with Gasteiger partial charge in [-0.25, -0.2) is 8.42 Å². The topological polar surface area (TPSA) is 122 Å². The van der Waals surface area contributed by atoms with E-state index in [1.165, 1.54) is 24.3 Å². The SMILES string of the molecule is Cl.NC(=O)CS(=O)(=O)c1ccc(C(=O)N2CCNCC2c2cccnc2)cc1. The van der Waals surface area contributed by atoms with Crippen molar-refractivity contribution < 1.29 is 18.0 Å². The summed E-state index contributed by atoms with van der Waals surface area (Å²) in [6, 6.07) is 9.16. The van der Waals surface area contributed by atoms with Gasteiger partial charge in [-0.15, -0.1) is 12.4 Å². The van der Waals surface area contributed by atoms with Crippen molar-refractivity contribution in [3.63, 3.8) is 0 Å². The van der Waals surface area contributed by atoms with Gasteiger partial charge in [0.2, 0.25) is 5.91 Å². The zero-order chi connectivity index (χ0) is 19.4. The van der Waals surface area contributed by atoms with Crippen molar-refractivity contribution in [1.82, 2.24) is 15.2 Å². The van der Waals surface area contributed by atoms with Crippen molar-refractivity contribution in [2.24, 2.45) is 5.73 Å². The predicted molar refractivity (Wildman–Crippen MR) is 106 cm³/mol. The highest BCUT2D eigenvalue weighted by Gasteiger charge is 2.29. The Balaban J connectivity index is 0.00000280. The molecule has 0 saturated carbocycles. The molecule has 1 saturated heterocycles. The number of carbonyl (C=O) groups excluding carboxylic acids is 2.